The number of nitrogens with one attached hydrogen (secondary N) is 1. The van der Waals surface area contributed by atoms with Crippen LogP contribution in [-0.4, -0.2) is 35.1 Å². The van der Waals surface area contributed by atoms with Gasteiger partial charge in [-0.25, -0.2) is 4.98 Å². The van der Waals surface area contributed by atoms with Gasteiger partial charge in [0.15, 0.2) is 0 Å². The zero-order valence-electron chi connectivity index (χ0n) is 20.6. The van der Waals surface area contributed by atoms with E-state index in [1.54, 1.807) is 16.5 Å². The van der Waals surface area contributed by atoms with Crippen molar-refractivity contribution < 1.29 is 4.79 Å². The van der Waals surface area contributed by atoms with Crippen molar-refractivity contribution in [3.8, 4) is 0 Å². The van der Waals surface area contributed by atoms with Crippen LogP contribution in [0.4, 0.5) is 5.69 Å². The van der Waals surface area contributed by atoms with Crippen LogP contribution in [0.2, 0.25) is 0 Å². The highest BCUT2D eigenvalue weighted by Gasteiger charge is 2.43. The smallest absolute Gasteiger partial charge is 0.254 e. The molecule has 0 spiro atoms. The van der Waals surface area contributed by atoms with Gasteiger partial charge in [-0.05, 0) is 55.4 Å². The molecule has 1 saturated carbocycles. The Kier molecular flexibility index (Phi) is 6.56. The fourth-order valence-electron chi connectivity index (χ4n) is 5.31. The number of carbonyl (C=O) groups is 1. The van der Waals surface area contributed by atoms with Crippen molar-refractivity contribution in [2.75, 3.05) is 18.5 Å². The van der Waals surface area contributed by atoms with Crippen molar-refractivity contribution in [1.29, 1.82) is 0 Å². The molecule has 1 N–H and O–H groups in total. The molecule has 0 radical (unpaired) electrons. The Morgan fingerprint density at radius 3 is 2.57 bits per heavy atom. The topological polar surface area (TPSA) is 67.2 Å². The van der Waals surface area contributed by atoms with E-state index >= 15 is 0 Å². The summed E-state index contributed by atoms with van der Waals surface area (Å²) in [5, 5.41) is 3.82. The minimum atomic E-state index is -0.482. The van der Waals surface area contributed by atoms with Crippen molar-refractivity contribution in [2.45, 2.75) is 62.9 Å². The maximum absolute atomic E-state index is 13.2. The summed E-state index contributed by atoms with van der Waals surface area (Å²) < 4.78 is 1.55. The second kappa shape index (κ2) is 9.78. The first kappa shape index (κ1) is 23.5. The van der Waals surface area contributed by atoms with Crippen molar-refractivity contribution in [2.24, 2.45) is 0 Å². The third-order valence-electron chi connectivity index (χ3n) is 7.79. The number of benzene rings is 2. The van der Waals surface area contributed by atoms with E-state index in [0.717, 1.165) is 25.1 Å². The number of hydrogen-bond donors (Lipinski definition) is 1. The van der Waals surface area contributed by atoms with E-state index in [1.165, 1.54) is 36.2 Å². The number of nitrogens with zero attached hydrogens (tertiary/aromatic N) is 3. The summed E-state index contributed by atoms with van der Waals surface area (Å²) in [5.74, 6) is 0.619. The lowest BCUT2D eigenvalue weighted by Gasteiger charge is -2.24. The number of carbonyl (C=O) groups excluding carboxylic acids is 1. The standard InChI is InChI=1S/C29H34N4O2/c1-3-23(31-20-29(16-17-29)22-7-5-4-6-8-22)19-21-9-11-24(12-10-21)32(2)28(35)25-13-14-26-30-18-15-27(34)33(25)26/h4-12,15,18,23,25,31H,3,13-14,16-17,19-20H2,1-2H3. The third kappa shape index (κ3) is 4.80. The van der Waals surface area contributed by atoms with E-state index < -0.39 is 6.04 Å². The molecule has 0 bridgehead atoms. The summed E-state index contributed by atoms with van der Waals surface area (Å²) in [5.41, 5.74) is 3.68. The molecule has 1 aliphatic carbocycles. The van der Waals surface area contributed by atoms with Crippen LogP contribution in [0.25, 0.3) is 0 Å². The largest absolute Gasteiger partial charge is 0.314 e. The average Bonchev–Trinajstić information content (AvgIpc) is 3.57. The molecule has 1 amide bonds. The van der Waals surface area contributed by atoms with Gasteiger partial charge in [0.2, 0.25) is 5.91 Å². The highest BCUT2D eigenvalue weighted by atomic mass is 16.2. The molecule has 3 aromatic rings. The highest BCUT2D eigenvalue weighted by Crippen LogP contribution is 2.47. The fourth-order valence-corrected chi connectivity index (χ4v) is 5.31. The maximum atomic E-state index is 13.2. The molecule has 2 heterocycles. The summed E-state index contributed by atoms with van der Waals surface area (Å²) in [7, 11) is 1.78. The third-order valence-corrected chi connectivity index (χ3v) is 7.79. The lowest BCUT2D eigenvalue weighted by atomic mass is 9.95. The molecule has 6 nitrogen and oxygen atoms in total. The molecule has 2 aliphatic rings. The first-order valence-corrected chi connectivity index (χ1v) is 12.7. The Bertz CT molecular complexity index is 1230. The number of fused-ring (bicyclic) bond motifs is 1. The Hall–Kier alpha value is -3.25. The second-order valence-corrected chi connectivity index (χ2v) is 10.0. The Labute approximate surface area is 207 Å². The summed E-state index contributed by atoms with van der Waals surface area (Å²) in [6.07, 6.45) is 7.31. The molecule has 2 aromatic carbocycles. The number of likely N-dealkylation sites (N-methyl/N-ethyl adjacent to an activating group) is 1. The zero-order valence-corrected chi connectivity index (χ0v) is 20.6. The normalized spacial score (nSPS) is 18.6. The molecule has 2 unspecified atom stereocenters. The van der Waals surface area contributed by atoms with Gasteiger partial charge in [-0.2, -0.15) is 0 Å². The predicted octanol–water partition coefficient (Wildman–Crippen LogP) is 4.04. The van der Waals surface area contributed by atoms with E-state index in [0.29, 0.717) is 30.1 Å². The van der Waals surface area contributed by atoms with Crippen LogP contribution in [0.15, 0.2) is 71.7 Å². The van der Waals surface area contributed by atoms with Gasteiger partial charge >= 0.3 is 0 Å². The molecule has 2 atom stereocenters. The van der Waals surface area contributed by atoms with Crippen molar-refractivity contribution >= 4 is 11.6 Å². The first-order valence-electron chi connectivity index (χ1n) is 12.7. The first-order chi connectivity index (χ1) is 17.0. The van der Waals surface area contributed by atoms with Crippen LogP contribution in [0.5, 0.6) is 0 Å². The molecular weight excluding hydrogens is 436 g/mol. The minimum absolute atomic E-state index is 0.0738. The number of aryl methyl sites for hydroxylation is 1. The van der Waals surface area contributed by atoms with Gasteiger partial charge in [0, 0.05) is 49.4 Å². The molecular formula is C29H34N4O2. The van der Waals surface area contributed by atoms with E-state index in [4.69, 9.17) is 0 Å². The lowest BCUT2D eigenvalue weighted by molar-refractivity contribution is -0.121. The Morgan fingerprint density at radius 1 is 1.14 bits per heavy atom. The zero-order chi connectivity index (χ0) is 24.4. The monoisotopic (exact) mass is 470 g/mol. The highest BCUT2D eigenvalue weighted by molar-refractivity contribution is 5.95. The van der Waals surface area contributed by atoms with Gasteiger partial charge in [-0.1, -0.05) is 49.4 Å². The number of hydrogen-bond acceptors (Lipinski definition) is 4. The molecule has 182 valence electrons. The van der Waals surface area contributed by atoms with Gasteiger partial charge < -0.3 is 10.2 Å². The number of amides is 1. The minimum Gasteiger partial charge on any atom is -0.314 e. The van der Waals surface area contributed by atoms with Crippen LogP contribution in [0, 0.1) is 0 Å². The maximum Gasteiger partial charge on any atom is 0.254 e. The van der Waals surface area contributed by atoms with Crippen LogP contribution in [-0.2, 0) is 23.1 Å². The molecule has 1 fully saturated rings. The number of anilines is 1. The summed E-state index contributed by atoms with van der Waals surface area (Å²) in [6.45, 7) is 3.25. The second-order valence-electron chi connectivity index (χ2n) is 10.0. The number of rotatable bonds is 9. The molecule has 5 rings (SSSR count). The van der Waals surface area contributed by atoms with Gasteiger partial charge in [-0.15, -0.1) is 0 Å². The molecule has 0 saturated heterocycles. The van der Waals surface area contributed by atoms with E-state index in [9.17, 15) is 9.59 Å². The molecule has 35 heavy (non-hydrogen) atoms. The van der Waals surface area contributed by atoms with E-state index in [1.807, 2.05) is 12.1 Å². The SMILES string of the molecule is CCC(Cc1ccc(N(C)C(=O)C2CCc3nccc(=O)n32)cc1)NCC1(c2ccccc2)CC1. The van der Waals surface area contributed by atoms with Crippen LogP contribution >= 0.6 is 0 Å². The summed E-state index contributed by atoms with van der Waals surface area (Å²) in [4.78, 5) is 31.4. The molecule has 1 aliphatic heterocycles. The molecule has 1 aromatic heterocycles. The van der Waals surface area contributed by atoms with Crippen LogP contribution < -0.4 is 15.8 Å². The quantitative estimate of drug-likeness (QED) is 0.513. The summed E-state index contributed by atoms with van der Waals surface area (Å²) in [6, 6.07) is 20.5. The van der Waals surface area contributed by atoms with Gasteiger partial charge in [0.05, 0.1) is 0 Å². The Balaban J connectivity index is 1.20. The summed E-state index contributed by atoms with van der Waals surface area (Å²) >= 11 is 0. The van der Waals surface area contributed by atoms with Gasteiger partial charge in [-0.3, -0.25) is 14.2 Å². The van der Waals surface area contributed by atoms with Gasteiger partial charge in [0.1, 0.15) is 11.9 Å². The van der Waals surface area contributed by atoms with Gasteiger partial charge in [0.25, 0.3) is 5.56 Å². The molecule has 6 heteroatoms. The Morgan fingerprint density at radius 2 is 1.89 bits per heavy atom. The number of aromatic nitrogens is 2. The van der Waals surface area contributed by atoms with E-state index in [2.05, 4.69) is 59.7 Å². The van der Waals surface area contributed by atoms with Crippen LogP contribution in [0.1, 0.15) is 55.6 Å². The predicted molar refractivity (Wildman–Crippen MR) is 139 cm³/mol. The fraction of sp³-hybridized carbons (Fsp3) is 0.414. The van der Waals surface area contributed by atoms with E-state index in [-0.39, 0.29) is 11.5 Å². The van der Waals surface area contributed by atoms with Crippen molar-refractivity contribution in [1.82, 2.24) is 14.9 Å². The van der Waals surface area contributed by atoms with Crippen molar-refractivity contribution in [3.63, 3.8) is 0 Å². The van der Waals surface area contributed by atoms with Crippen LogP contribution in [0.3, 0.4) is 0 Å². The lowest BCUT2D eigenvalue weighted by Crippen LogP contribution is -2.37. The van der Waals surface area contributed by atoms with Crippen molar-refractivity contribution in [3.05, 3.63) is 94.2 Å². The average molecular weight is 471 g/mol.